The minimum atomic E-state index is -1.27. The summed E-state index contributed by atoms with van der Waals surface area (Å²) in [7, 11) is 0. The zero-order chi connectivity index (χ0) is 22.7. The smallest absolute Gasteiger partial charge is 0.326 e. The molecule has 5 nitrogen and oxygen atoms in total. The molecule has 1 aliphatic rings. The van der Waals surface area contributed by atoms with E-state index in [0.29, 0.717) is 27.5 Å². The average Bonchev–Trinajstić information content (AvgIpc) is 2.80. The van der Waals surface area contributed by atoms with Crippen molar-refractivity contribution < 1.29 is 23.9 Å². The average molecular weight is 449 g/mol. The van der Waals surface area contributed by atoms with Gasteiger partial charge in [-0.1, -0.05) is 60.1 Å². The van der Waals surface area contributed by atoms with Gasteiger partial charge < -0.3 is 9.47 Å². The Bertz CT molecular complexity index is 1140. The molecule has 4 rings (SSSR count). The van der Waals surface area contributed by atoms with Crippen molar-refractivity contribution in [3.8, 4) is 5.75 Å². The maximum absolute atomic E-state index is 13.9. The normalized spacial score (nSPS) is 18.2. The molecule has 0 radical (unpaired) electrons. The summed E-state index contributed by atoms with van der Waals surface area (Å²) in [5, 5.41) is 0.508. The monoisotopic (exact) mass is 448 g/mol. The molecule has 0 saturated carbocycles. The lowest BCUT2D eigenvalue weighted by Gasteiger charge is -2.35. The number of halogens is 1. The highest BCUT2D eigenvalue weighted by Crippen LogP contribution is 2.47. The molecule has 0 amide bonds. The molecule has 3 aromatic carbocycles. The first-order chi connectivity index (χ1) is 15.5. The van der Waals surface area contributed by atoms with Crippen molar-refractivity contribution in [1.82, 2.24) is 0 Å². The first-order valence-corrected chi connectivity index (χ1v) is 10.7. The maximum Gasteiger partial charge on any atom is 0.326 e. The minimum Gasteiger partial charge on any atom is -0.465 e. The van der Waals surface area contributed by atoms with E-state index in [-0.39, 0.29) is 12.4 Å². The summed E-state index contributed by atoms with van der Waals surface area (Å²) in [6.07, 6.45) is 0. The van der Waals surface area contributed by atoms with Crippen LogP contribution in [0.3, 0.4) is 0 Å². The second-order valence-electron chi connectivity index (χ2n) is 7.47. The van der Waals surface area contributed by atoms with Gasteiger partial charge in [0.15, 0.2) is 11.7 Å². The second-order valence-corrected chi connectivity index (χ2v) is 7.91. The van der Waals surface area contributed by atoms with Gasteiger partial charge in [-0.2, -0.15) is 0 Å². The zero-order valence-corrected chi connectivity index (χ0v) is 18.1. The van der Waals surface area contributed by atoms with Gasteiger partial charge in [-0.25, -0.2) is 0 Å². The van der Waals surface area contributed by atoms with Crippen molar-refractivity contribution >= 4 is 29.3 Å². The first-order valence-electron chi connectivity index (χ1n) is 10.3. The molecule has 0 bridgehead atoms. The van der Waals surface area contributed by atoms with E-state index in [1.165, 1.54) is 0 Å². The summed E-state index contributed by atoms with van der Waals surface area (Å²) >= 11 is 6.01. The van der Waals surface area contributed by atoms with E-state index in [0.717, 1.165) is 0 Å². The molecule has 162 valence electrons. The van der Waals surface area contributed by atoms with Gasteiger partial charge in [0.1, 0.15) is 5.75 Å². The maximum atomic E-state index is 13.9. The van der Waals surface area contributed by atoms with Gasteiger partial charge in [-0.15, -0.1) is 0 Å². The van der Waals surface area contributed by atoms with Crippen LogP contribution < -0.4 is 4.74 Å². The number of rotatable bonds is 6. The highest BCUT2D eigenvalue weighted by atomic mass is 35.5. The first kappa shape index (κ1) is 21.8. The van der Waals surface area contributed by atoms with Crippen LogP contribution in [0.15, 0.2) is 78.9 Å². The van der Waals surface area contributed by atoms with E-state index < -0.39 is 29.7 Å². The topological polar surface area (TPSA) is 69.7 Å². The standard InChI is InChI=1S/C26H21ClO5/c1-2-31-25(29)23-22(19-10-6-7-11-20(19)32-26(23)30)21(16-8-4-3-5-9-16)24(28)17-12-14-18(27)15-13-17/h3-15,21-23H,2H2,1H3/t21-,22+,23+/m0/s1. The zero-order valence-electron chi connectivity index (χ0n) is 17.4. The Kier molecular flexibility index (Phi) is 6.37. The van der Waals surface area contributed by atoms with Crippen LogP contribution in [0.2, 0.25) is 5.02 Å². The Morgan fingerprint density at radius 1 is 0.969 bits per heavy atom. The van der Waals surface area contributed by atoms with Crippen molar-refractivity contribution in [2.45, 2.75) is 18.8 Å². The quantitative estimate of drug-likeness (QED) is 0.225. The van der Waals surface area contributed by atoms with Gasteiger partial charge in [0, 0.05) is 22.1 Å². The van der Waals surface area contributed by atoms with Gasteiger partial charge in [-0.05, 0) is 42.8 Å². The largest absolute Gasteiger partial charge is 0.465 e. The fraction of sp³-hybridized carbons (Fsp3) is 0.192. The summed E-state index contributed by atoms with van der Waals surface area (Å²) in [5.41, 5.74) is 1.74. The summed E-state index contributed by atoms with van der Waals surface area (Å²) in [6, 6.07) is 22.7. The molecule has 0 aliphatic carbocycles. The molecule has 6 heteroatoms. The van der Waals surface area contributed by atoms with Gasteiger partial charge in [0.05, 0.1) is 12.5 Å². The summed E-state index contributed by atoms with van der Waals surface area (Å²) in [6.45, 7) is 1.78. The lowest BCUT2D eigenvalue weighted by Crippen LogP contribution is -2.42. The third-order valence-electron chi connectivity index (χ3n) is 5.57. The van der Waals surface area contributed by atoms with E-state index in [9.17, 15) is 14.4 Å². The SMILES string of the molecule is CCOC(=O)[C@@H]1C(=O)Oc2ccccc2[C@@H]1[C@@H](C(=O)c1ccc(Cl)cc1)c1ccccc1. The number of ketones is 1. The third kappa shape index (κ3) is 4.16. The van der Waals surface area contributed by atoms with Crippen molar-refractivity contribution in [1.29, 1.82) is 0 Å². The fourth-order valence-electron chi connectivity index (χ4n) is 4.17. The highest BCUT2D eigenvalue weighted by molar-refractivity contribution is 6.30. The number of Topliss-reactive ketones (excluding diaryl/α,β-unsaturated/α-hetero) is 1. The predicted molar refractivity (Wildman–Crippen MR) is 120 cm³/mol. The van der Waals surface area contributed by atoms with Crippen LogP contribution in [-0.2, 0) is 14.3 Å². The molecule has 0 unspecified atom stereocenters. The van der Waals surface area contributed by atoms with Gasteiger partial charge in [0.25, 0.3) is 0 Å². The molecule has 0 fully saturated rings. The van der Waals surface area contributed by atoms with Crippen LogP contribution in [0.1, 0.15) is 40.2 Å². The minimum absolute atomic E-state index is 0.109. The van der Waals surface area contributed by atoms with Gasteiger partial charge in [-0.3, -0.25) is 14.4 Å². The number of ether oxygens (including phenoxy) is 2. The lowest BCUT2D eigenvalue weighted by atomic mass is 9.69. The molecule has 1 heterocycles. The Hall–Kier alpha value is -3.44. The Morgan fingerprint density at radius 3 is 2.31 bits per heavy atom. The molecule has 0 aromatic heterocycles. The molecule has 3 aromatic rings. The van der Waals surface area contributed by atoms with Crippen LogP contribution in [0.5, 0.6) is 5.75 Å². The molecule has 3 atom stereocenters. The highest BCUT2D eigenvalue weighted by Gasteiger charge is 2.49. The van der Waals surface area contributed by atoms with E-state index in [1.807, 2.05) is 30.3 Å². The van der Waals surface area contributed by atoms with Crippen molar-refractivity contribution in [3.05, 3.63) is 101 Å². The van der Waals surface area contributed by atoms with Gasteiger partial charge in [0.2, 0.25) is 0 Å². The van der Waals surface area contributed by atoms with Crippen LogP contribution >= 0.6 is 11.6 Å². The number of benzene rings is 3. The Balaban J connectivity index is 1.92. The lowest BCUT2D eigenvalue weighted by molar-refractivity contribution is -0.159. The van der Waals surface area contributed by atoms with Crippen LogP contribution in [0.25, 0.3) is 0 Å². The number of hydrogen-bond donors (Lipinski definition) is 0. The summed E-state index contributed by atoms with van der Waals surface area (Å²) < 4.78 is 10.7. The van der Waals surface area contributed by atoms with Crippen molar-refractivity contribution in [2.75, 3.05) is 6.61 Å². The molecule has 32 heavy (non-hydrogen) atoms. The molecular weight excluding hydrogens is 428 g/mol. The number of fused-ring (bicyclic) bond motifs is 1. The van der Waals surface area contributed by atoms with E-state index >= 15 is 0 Å². The van der Waals surface area contributed by atoms with Crippen molar-refractivity contribution in [2.24, 2.45) is 5.92 Å². The van der Waals surface area contributed by atoms with Crippen LogP contribution in [-0.4, -0.2) is 24.3 Å². The Labute approximate surface area is 190 Å². The number of para-hydroxylation sites is 1. The third-order valence-corrected chi connectivity index (χ3v) is 5.82. The van der Waals surface area contributed by atoms with Gasteiger partial charge >= 0.3 is 11.9 Å². The summed E-state index contributed by atoms with van der Waals surface area (Å²) in [5.74, 6) is -4.20. The number of hydrogen-bond acceptors (Lipinski definition) is 5. The molecule has 0 saturated heterocycles. The van der Waals surface area contributed by atoms with Crippen LogP contribution in [0.4, 0.5) is 0 Å². The fourth-order valence-corrected chi connectivity index (χ4v) is 4.30. The molecule has 1 aliphatic heterocycles. The van der Waals surface area contributed by atoms with E-state index in [4.69, 9.17) is 21.1 Å². The molecular formula is C26H21ClO5. The van der Waals surface area contributed by atoms with E-state index in [2.05, 4.69) is 0 Å². The number of esters is 2. The van der Waals surface area contributed by atoms with E-state index in [1.54, 1.807) is 55.5 Å². The van der Waals surface area contributed by atoms with Crippen LogP contribution in [0, 0.1) is 5.92 Å². The summed E-state index contributed by atoms with van der Waals surface area (Å²) in [4.78, 5) is 39.7. The van der Waals surface area contributed by atoms with Crippen molar-refractivity contribution in [3.63, 3.8) is 0 Å². The predicted octanol–water partition coefficient (Wildman–Crippen LogP) is 5.19. The molecule has 0 spiro atoms. The molecule has 0 N–H and O–H groups in total. The Morgan fingerprint density at radius 2 is 1.62 bits per heavy atom. The number of carbonyl (C=O) groups is 3. The second kappa shape index (κ2) is 9.37. The number of carbonyl (C=O) groups excluding carboxylic acids is 3.